The number of benzene rings is 4. The molecule has 0 aliphatic rings. The van der Waals surface area contributed by atoms with Crippen molar-refractivity contribution in [3.05, 3.63) is 121 Å². The van der Waals surface area contributed by atoms with Crippen LogP contribution < -0.4 is 0 Å². The Kier molecular flexibility index (Phi) is 16.2. The fraction of sp³-hybridized carbons (Fsp3) is 0. The molecule has 41 heavy (non-hydrogen) atoms. The van der Waals surface area contributed by atoms with E-state index in [9.17, 15) is 51.9 Å². The van der Waals surface area contributed by atoms with E-state index in [2.05, 4.69) is 0 Å². The summed E-state index contributed by atoms with van der Waals surface area (Å²) in [5.41, 5.74) is 0. The summed E-state index contributed by atoms with van der Waals surface area (Å²) in [6.07, 6.45) is 0. The molecule has 0 unspecified atom stereocenters. The van der Waals surface area contributed by atoms with Crippen molar-refractivity contribution in [2.24, 2.45) is 0 Å². The largest absolute Gasteiger partial charge is 4.00 e. The molecule has 0 fully saturated rings. The maximum absolute atomic E-state index is 10.3. The molecular weight excluding hydrogens is 727 g/mol. The first-order valence-corrected chi connectivity index (χ1v) is 16.1. The summed E-state index contributed by atoms with van der Waals surface area (Å²) in [6.45, 7) is 0. The van der Waals surface area contributed by atoms with E-state index < -0.39 is 40.5 Å². The molecule has 0 radical (unpaired) electrons. The molecule has 0 amide bonds. The first-order valence-electron chi connectivity index (χ1n) is 10.5. The topological polar surface area (TPSA) is 229 Å². The molecule has 0 saturated carbocycles. The van der Waals surface area contributed by atoms with Gasteiger partial charge in [-0.1, -0.05) is 72.8 Å². The first-order chi connectivity index (χ1) is 18.4. The summed E-state index contributed by atoms with van der Waals surface area (Å²) in [5, 5.41) is 0. The zero-order valence-electron chi connectivity index (χ0n) is 20.6. The maximum Gasteiger partial charge on any atom is 4.00 e. The molecule has 0 aromatic heterocycles. The maximum atomic E-state index is 10.3. The molecule has 0 N–H and O–H groups in total. The molecule has 4 aromatic carbocycles. The second kappa shape index (κ2) is 17.3. The van der Waals surface area contributed by atoms with Crippen molar-refractivity contribution in [2.75, 3.05) is 0 Å². The molecule has 0 aliphatic heterocycles. The van der Waals surface area contributed by atoms with Crippen LogP contribution in [0.15, 0.2) is 141 Å². The summed E-state index contributed by atoms with van der Waals surface area (Å²) in [6, 6.07) is 28.8. The van der Waals surface area contributed by atoms with Crippen molar-refractivity contribution < 1.29 is 51.9 Å². The summed E-state index contributed by atoms with van der Waals surface area (Å²) in [5.74, 6) is 0. The third-order valence-corrected chi connectivity index (χ3v) is 7.53. The predicted molar refractivity (Wildman–Crippen MR) is 143 cm³/mol. The zero-order valence-corrected chi connectivity index (χ0v) is 26.7. The van der Waals surface area contributed by atoms with Gasteiger partial charge >= 0.3 is 23.9 Å². The van der Waals surface area contributed by atoms with Crippen molar-refractivity contribution >= 4 is 64.4 Å². The van der Waals surface area contributed by atoms with Crippen molar-refractivity contribution in [3.8, 4) is 0 Å². The summed E-state index contributed by atoms with van der Waals surface area (Å²) >= 11 is 0. The van der Waals surface area contributed by atoms with E-state index >= 15 is 0 Å². The molecule has 0 heterocycles. The second-order valence-electron chi connectivity index (χ2n) is 7.07. The van der Waals surface area contributed by atoms with Gasteiger partial charge in [0.1, 0.15) is 40.5 Å². The van der Waals surface area contributed by atoms with Crippen LogP contribution in [0.4, 0.5) is 0 Å². The van der Waals surface area contributed by atoms with Crippen LogP contribution in [0.3, 0.4) is 0 Å². The van der Waals surface area contributed by atoms with Crippen molar-refractivity contribution in [1.82, 2.24) is 0 Å². The molecule has 0 aliphatic carbocycles. The first kappa shape index (κ1) is 38.3. The van der Waals surface area contributed by atoms with Gasteiger partial charge < -0.3 is 18.2 Å². The van der Waals surface area contributed by atoms with E-state index in [4.69, 9.17) is 0 Å². The van der Waals surface area contributed by atoms with Crippen molar-refractivity contribution in [1.29, 1.82) is 0 Å². The van der Waals surface area contributed by atoms with Gasteiger partial charge in [-0.05, 0) is 48.5 Å². The molecule has 12 nitrogen and oxygen atoms in total. The van der Waals surface area contributed by atoms with Gasteiger partial charge in [0.25, 0.3) is 0 Å². The van der Waals surface area contributed by atoms with Crippen LogP contribution in [0.25, 0.3) is 0 Å². The van der Waals surface area contributed by atoms with Gasteiger partial charge in [0.05, 0.1) is 19.6 Å². The van der Waals surface area contributed by atoms with Gasteiger partial charge in [-0.15, -0.1) is 0 Å². The zero-order chi connectivity index (χ0) is 30.5. The number of hydrogen-bond acceptors (Lipinski definition) is 12. The molecule has 0 bridgehead atoms. The van der Waals surface area contributed by atoms with Gasteiger partial charge in [-0.3, -0.25) is 0 Å². The minimum Gasteiger partial charge on any atom is -0.744 e. The quantitative estimate of drug-likeness (QED) is 0.216. The van der Waals surface area contributed by atoms with Crippen LogP contribution in [-0.2, 0) is 40.5 Å². The van der Waals surface area contributed by atoms with Crippen LogP contribution in [0, 0.1) is 0 Å². The minimum absolute atomic E-state index is 0. The van der Waals surface area contributed by atoms with Gasteiger partial charge in [-0.25, -0.2) is 33.7 Å². The Labute approximate surface area is 255 Å². The molecule has 0 saturated heterocycles. The van der Waals surface area contributed by atoms with E-state index in [0.717, 1.165) is 0 Å². The van der Waals surface area contributed by atoms with Crippen LogP contribution in [0.2, 0.25) is 0 Å². The average Bonchev–Trinajstić information content (AvgIpc) is 2.90. The Morgan fingerprint density at radius 2 is 0.415 bits per heavy atom. The minimum atomic E-state index is -4.25. The Balaban J connectivity index is 0.000000516. The third kappa shape index (κ3) is 16.4. The summed E-state index contributed by atoms with van der Waals surface area (Å²) < 4.78 is 123. The normalized spacial score (nSPS) is 11.0. The summed E-state index contributed by atoms with van der Waals surface area (Å²) in [4.78, 5) is -0.741. The number of hydrogen-bond donors (Lipinski definition) is 0. The standard InChI is InChI=1S/4C6H6O3S.Sn/c4*7-10(8,9)6-4-2-1-3-5-6;/h4*1-5H,(H,7,8,9);/q;;;;+4/p-4. The van der Waals surface area contributed by atoms with Gasteiger partial charge in [-0.2, -0.15) is 0 Å². The molecule has 4 aromatic rings. The molecule has 0 atom stereocenters. The average molecular weight is 747 g/mol. The van der Waals surface area contributed by atoms with Gasteiger partial charge in [0.15, 0.2) is 0 Å². The Hall–Kier alpha value is -2.68. The SMILES string of the molecule is O=S(=O)([O-])c1ccccc1.O=S(=O)([O-])c1ccccc1.O=S(=O)([O-])c1ccccc1.O=S(=O)([O-])c1ccccc1.[Sn+4]. The van der Waals surface area contributed by atoms with Gasteiger partial charge in [0.2, 0.25) is 0 Å². The molecule has 216 valence electrons. The van der Waals surface area contributed by atoms with Crippen LogP contribution >= 0.6 is 0 Å². The van der Waals surface area contributed by atoms with E-state index in [0.29, 0.717) is 0 Å². The van der Waals surface area contributed by atoms with Gasteiger partial charge in [0, 0.05) is 0 Å². The molecular formula is C24H20O12S4Sn. The Morgan fingerprint density at radius 3 is 0.488 bits per heavy atom. The second-order valence-corrected chi connectivity index (χ2v) is 12.6. The van der Waals surface area contributed by atoms with Crippen LogP contribution in [-0.4, -0.2) is 75.8 Å². The smallest absolute Gasteiger partial charge is 0.744 e. The van der Waals surface area contributed by atoms with Crippen LogP contribution in [0.5, 0.6) is 0 Å². The monoisotopic (exact) mass is 748 g/mol. The van der Waals surface area contributed by atoms with Crippen LogP contribution in [0.1, 0.15) is 0 Å². The van der Waals surface area contributed by atoms with E-state index in [1.54, 1.807) is 24.3 Å². The number of rotatable bonds is 4. The Morgan fingerprint density at radius 1 is 0.293 bits per heavy atom. The molecule has 17 heteroatoms. The van der Waals surface area contributed by atoms with E-state index in [1.807, 2.05) is 0 Å². The van der Waals surface area contributed by atoms with E-state index in [1.165, 1.54) is 97.1 Å². The van der Waals surface area contributed by atoms with E-state index in [-0.39, 0.29) is 43.5 Å². The Bertz CT molecular complexity index is 1480. The molecule has 0 spiro atoms. The predicted octanol–water partition coefficient (Wildman–Crippen LogP) is 1.98. The summed E-state index contributed by atoms with van der Waals surface area (Å²) in [7, 11) is -17.0. The fourth-order valence-electron chi connectivity index (χ4n) is 2.35. The van der Waals surface area contributed by atoms with Crippen molar-refractivity contribution in [2.45, 2.75) is 19.6 Å². The van der Waals surface area contributed by atoms with Crippen molar-refractivity contribution in [3.63, 3.8) is 0 Å². The molecule has 4 rings (SSSR count). The fourth-order valence-corrected chi connectivity index (χ4v) is 4.31. The third-order valence-electron chi connectivity index (χ3n) is 4.13.